The Morgan fingerprint density at radius 1 is 0.933 bits per heavy atom. The van der Waals surface area contributed by atoms with Crippen LogP contribution in [0.5, 0.6) is 0 Å². The monoisotopic (exact) mass is 499 g/mol. The van der Waals surface area contributed by atoms with Gasteiger partial charge in [-0.25, -0.2) is 27.3 Å². The molecule has 0 bridgehead atoms. The zero-order chi connectivity index (χ0) is 21.6. The molecule has 0 radical (unpaired) electrons. The molecule has 0 spiro atoms. The number of carbonyl (C=O) groups excluding carboxylic acids is 1. The van der Waals surface area contributed by atoms with E-state index in [1.165, 1.54) is 12.1 Å². The first-order valence-electron chi connectivity index (χ1n) is 6.34. The summed E-state index contributed by atoms with van der Waals surface area (Å²) in [5, 5.41) is 32.5. The topological polar surface area (TPSA) is 256 Å². The molecule has 30 heavy (non-hydrogen) atoms. The molecule has 1 aromatic carbocycles. The summed E-state index contributed by atoms with van der Waals surface area (Å²) in [5.74, 6) is -4.09. The second-order valence-corrected chi connectivity index (χ2v) is 7.19. The number of sulfonamides is 1. The van der Waals surface area contributed by atoms with Gasteiger partial charge in [0.1, 0.15) is 4.90 Å². The van der Waals surface area contributed by atoms with Crippen LogP contribution in [0.2, 0.25) is 0 Å². The number of hydrogen-bond donors (Lipinski definition) is 8. The van der Waals surface area contributed by atoms with Crippen molar-refractivity contribution in [2.45, 2.75) is 17.1 Å². The Bertz CT molecular complexity index is 851. The van der Waals surface area contributed by atoms with E-state index in [4.69, 9.17) is 39.7 Å². The Morgan fingerprint density at radius 2 is 1.27 bits per heavy atom. The molecule has 1 amide bonds. The van der Waals surface area contributed by atoms with Crippen molar-refractivity contribution in [3.8, 4) is 0 Å². The maximum atomic E-state index is 11.1. The minimum absolute atomic E-state index is 0. The van der Waals surface area contributed by atoms with E-state index < -0.39 is 47.9 Å². The number of carbonyl (C=O) groups is 3. The number of carboxylic acid groups (broad SMARTS) is 2. The summed E-state index contributed by atoms with van der Waals surface area (Å²) in [5.41, 5.74) is 0.220. The summed E-state index contributed by atoms with van der Waals surface area (Å²) in [6.45, 7) is 0. The molecule has 8 N–H and O–H groups in total. The van der Waals surface area contributed by atoms with Crippen LogP contribution in [-0.4, -0.2) is 133 Å². The van der Waals surface area contributed by atoms with Gasteiger partial charge in [0.25, 0.3) is 15.9 Å². The molecule has 19 heteroatoms. The van der Waals surface area contributed by atoms with Gasteiger partial charge in [-0.1, -0.05) is 12.1 Å². The Hall–Kier alpha value is -0.460. The predicted molar refractivity (Wildman–Crippen MR) is 99.4 cm³/mol. The van der Waals surface area contributed by atoms with E-state index in [0.717, 1.165) is 0 Å². The van der Waals surface area contributed by atoms with E-state index in [2.05, 4.69) is 0 Å². The molecular formula is C11H17FNNa2O13PS. The summed E-state index contributed by atoms with van der Waals surface area (Å²) in [6.07, 6.45) is -4.53. The van der Waals surface area contributed by atoms with Crippen LogP contribution in [0, 0.1) is 0 Å². The van der Waals surface area contributed by atoms with Crippen molar-refractivity contribution < 1.29 is 67.2 Å². The third-order valence-corrected chi connectivity index (χ3v) is 3.84. The summed E-state index contributed by atoms with van der Waals surface area (Å²) in [4.78, 5) is 52.2. The van der Waals surface area contributed by atoms with Gasteiger partial charge in [-0.2, -0.15) is 0 Å². The van der Waals surface area contributed by atoms with E-state index in [-0.39, 0.29) is 74.3 Å². The molecule has 0 aliphatic carbocycles. The molecule has 2 unspecified atom stereocenters. The zero-order valence-corrected chi connectivity index (χ0v) is 15.0. The number of aliphatic carboxylic acids is 2. The van der Waals surface area contributed by atoms with Gasteiger partial charge in [0, 0.05) is 0 Å². The van der Waals surface area contributed by atoms with Crippen LogP contribution >= 0.6 is 7.82 Å². The molecule has 2 atom stereocenters. The van der Waals surface area contributed by atoms with Crippen LogP contribution in [0.15, 0.2) is 29.2 Å². The SMILES string of the molecule is F.O=C(O)C(O)C(O)C(=O)O.O=C1NS(=O)(=O)c2ccccc21.O=P(O)(O)O.[NaH].[NaH]. The van der Waals surface area contributed by atoms with Crippen LogP contribution in [0.3, 0.4) is 0 Å². The van der Waals surface area contributed by atoms with E-state index in [0.29, 0.717) is 0 Å². The number of halogens is 1. The number of hydrogen-bond acceptors (Lipinski definition) is 8. The van der Waals surface area contributed by atoms with E-state index in [1.54, 1.807) is 12.1 Å². The van der Waals surface area contributed by atoms with Gasteiger partial charge in [0.05, 0.1) is 5.56 Å². The number of fused-ring (bicyclic) bond motifs is 1. The van der Waals surface area contributed by atoms with E-state index >= 15 is 0 Å². The second kappa shape index (κ2) is 15.4. The Balaban J connectivity index is -0.000000173. The number of benzene rings is 1. The molecule has 0 fully saturated rings. The predicted octanol–water partition coefficient (Wildman–Crippen LogP) is -4.08. The van der Waals surface area contributed by atoms with Crippen LogP contribution in [0.25, 0.3) is 0 Å². The number of rotatable bonds is 3. The van der Waals surface area contributed by atoms with Crippen molar-refractivity contribution in [3.63, 3.8) is 0 Å². The van der Waals surface area contributed by atoms with E-state index in [1.807, 2.05) is 4.72 Å². The van der Waals surface area contributed by atoms with Crippen molar-refractivity contribution in [2.75, 3.05) is 0 Å². The van der Waals surface area contributed by atoms with Gasteiger partial charge in [-0.15, -0.1) is 0 Å². The standard InChI is InChI=1S/C7H5NO3S.C4H6O6.FH.2Na.H3O4P.2H/c9-7-5-3-1-2-4-6(5)12(10,11)8-7;5-1(3(7)8)2(6)4(9)10;;;;1-5(2,3)4;;/h1-4H,(H,8,9);1-2,5-6H,(H,7,8)(H,9,10);1H;;;(H3,1,2,3,4);;. The fourth-order valence-electron chi connectivity index (χ4n) is 1.39. The third kappa shape index (κ3) is 13.8. The Kier molecular flexibility index (Phi) is 18.9. The van der Waals surface area contributed by atoms with Crippen molar-refractivity contribution in [3.05, 3.63) is 29.8 Å². The number of phosphoric acid groups is 1. The molecule has 164 valence electrons. The first-order chi connectivity index (χ1) is 12.1. The van der Waals surface area contributed by atoms with Gasteiger partial charge in [-0.05, 0) is 12.1 Å². The molecule has 1 aliphatic heterocycles. The molecule has 0 saturated carbocycles. The average Bonchev–Trinajstić information content (AvgIpc) is 2.74. The minimum atomic E-state index is -4.64. The summed E-state index contributed by atoms with van der Waals surface area (Å²) in [6, 6.07) is 6.09. The van der Waals surface area contributed by atoms with Gasteiger partial charge < -0.3 is 35.1 Å². The fraction of sp³-hybridized carbons (Fsp3) is 0.182. The molecule has 0 saturated heterocycles. The van der Waals surface area contributed by atoms with Crippen LogP contribution in [0.1, 0.15) is 10.4 Å². The van der Waals surface area contributed by atoms with Gasteiger partial charge >= 0.3 is 78.9 Å². The molecule has 1 heterocycles. The third-order valence-electron chi connectivity index (χ3n) is 2.45. The number of amides is 1. The molecule has 0 aromatic heterocycles. The second-order valence-electron chi connectivity index (χ2n) is 4.51. The van der Waals surface area contributed by atoms with E-state index in [9.17, 15) is 22.8 Å². The molecular weight excluding hydrogens is 482 g/mol. The summed E-state index contributed by atoms with van der Waals surface area (Å²) >= 11 is 0. The number of carboxylic acids is 2. The van der Waals surface area contributed by atoms with Crippen LogP contribution in [-0.2, 0) is 24.2 Å². The van der Waals surface area contributed by atoms with Gasteiger partial charge in [0.15, 0.2) is 12.2 Å². The Labute approximate surface area is 212 Å². The summed E-state index contributed by atoms with van der Waals surface area (Å²) in [7, 11) is -8.19. The Morgan fingerprint density at radius 3 is 1.57 bits per heavy atom. The quantitative estimate of drug-likeness (QED) is 0.146. The molecule has 2 rings (SSSR count). The number of nitrogens with one attached hydrogen (secondary N) is 1. The molecule has 14 nitrogen and oxygen atoms in total. The molecule has 1 aliphatic rings. The number of aliphatic hydroxyl groups excluding tert-OH is 2. The maximum absolute atomic E-state index is 11.1. The average molecular weight is 499 g/mol. The van der Waals surface area contributed by atoms with Crippen molar-refractivity contribution >= 4 is 94.8 Å². The van der Waals surface area contributed by atoms with Gasteiger partial charge in [-0.3, -0.25) is 9.50 Å². The number of aliphatic hydroxyl groups is 2. The first kappa shape index (κ1) is 36.9. The first-order valence-corrected chi connectivity index (χ1v) is 9.39. The fourth-order valence-corrected chi connectivity index (χ4v) is 2.56. The normalized spacial score (nSPS) is 14.6. The van der Waals surface area contributed by atoms with Gasteiger partial charge in [0.2, 0.25) is 0 Å². The van der Waals surface area contributed by atoms with Crippen molar-refractivity contribution in [1.82, 2.24) is 4.72 Å². The van der Waals surface area contributed by atoms with Crippen molar-refractivity contribution in [2.24, 2.45) is 0 Å². The van der Waals surface area contributed by atoms with Crippen LogP contribution in [0.4, 0.5) is 4.70 Å². The van der Waals surface area contributed by atoms with Crippen LogP contribution < -0.4 is 4.72 Å². The zero-order valence-electron chi connectivity index (χ0n) is 13.3. The van der Waals surface area contributed by atoms with Crippen molar-refractivity contribution in [1.29, 1.82) is 0 Å². The molecule has 1 aromatic rings. The summed E-state index contributed by atoms with van der Waals surface area (Å²) < 4.78 is 33.0.